The van der Waals surface area contributed by atoms with Gasteiger partial charge in [0.1, 0.15) is 0 Å². The van der Waals surface area contributed by atoms with Crippen molar-refractivity contribution in [3.8, 4) is 0 Å². The third-order valence-corrected chi connectivity index (χ3v) is 4.53. The molecule has 1 unspecified atom stereocenters. The first-order chi connectivity index (χ1) is 10.2. The zero-order valence-corrected chi connectivity index (χ0v) is 13.2. The monoisotopic (exact) mass is 289 g/mol. The van der Waals surface area contributed by atoms with Crippen LogP contribution < -0.4 is 10.2 Å². The van der Waals surface area contributed by atoms with Crippen molar-refractivity contribution in [2.75, 3.05) is 44.2 Å². The molecule has 0 saturated carbocycles. The van der Waals surface area contributed by atoms with Crippen LogP contribution in [0.25, 0.3) is 0 Å². The van der Waals surface area contributed by atoms with Crippen LogP contribution in [0.15, 0.2) is 24.3 Å². The molecule has 2 heterocycles. The first-order valence-electron chi connectivity index (χ1n) is 8.13. The predicted molar refractivity (Wildman–Crippen MR) is 86.8 cm³/mol. The van der Waals surface area contributed by atoms with Gasteiger partial charge in [0.15, 0.2) is 0 Å². The van der Waals surface area contributed by atoms with Crippen molar-refractivity contribution in [1.82, 2.24) is 10.2 Å². The van der Waals surface area contributed by atoms with E-state index in [-0.39, 0.29) is 0 Å². The van der Waals surface area contributed by atoms with Crippen LogP contribution in [0, 0.1) is 0 Å². The quantitative estimate of drug-likeness (QED) is 0.917. The van der Waals surface area contributed by atoms with E-state index in [1.165, 1.54) is 11.3 Å². The second kappa shape index (κ2) is 6.77. The van der Waals surface area contributed by atoms with Crippen molar-refractivity contribution < 1.29 is 4.74 Å². The molecule has 4 nitrogen and oxygen atoms in total. The maximum atomic E-state index is 6.01. The third kappa shape index (κ3) is 3.57. The van der Waals surface area contributed by atoms with E-state index in [2.05, 4.69) is 53.2 Å². The Balaban J connectivity index is 1.69. The van der Waals surface area contributed by atoms with Crippen LogP contribution in [0.5, 0.6) is 0 Å². The lowest BCUT2D eigenvalue weighted by atomic mass is 10.1. The smallest absolute Gasteiger partial charge is 0.0877 e. The zero-order valence-electron chi connectivity index (χ0n) is 13.2. The van der Waals surface area contributed by atoms with Crippen molar-refractivity contribution in [2.45, 2.75) is 32.5 Å². The normalized spacial score (nSPS) is 24.0. The van der Waals surface area contributed by atoms with E-state index in [0.717, 1.165) is 45.9 Å². The summed E-state index contributed by atoms with van der Waals surface area (Å²) in [4.78, 5) is 5.01. The average molecular weight is 289 g/mol. The second-order valence-electron chi connectivity index (χ2n) is 6.33. The highest BCUT2D eigenvalue weighted by atomic mass is 16.5. The number of nitrogens with one attached hydrogen (secondary N) is 1. The number of benzene rings is 1. The molecule has 4 heteroatoms. The molecule has 0 radical (unpaired) electrons. The molecule has 1 aromatic rings. The molecule has 1 N–H and O–H groups in total. The Bertz CT molecular complexity index is 463. The minimum Gasteiger partial charge on any atom is -0.374 e. The minimum atomic E-state index is 0.312. The molecular weight excluding hydrogens is 262 g/mol. The molecule has 1 saturated heterocycles. The summed E-state index contributed by atoms with van der Waals surface area (Å²) in [5.41, 5.74) is 2.76. The molecule has 2 aliphatic rings. The van der Waals surface area contributed by atoms with E-state index in [1.54, 1.807) is 0 Å². The number of fused-ring (bicyclic) bond motifs is 1. The van der Waals surface area contributed by atoms with Crippen LogP contribution in [0.4, 0.5) is 5.69 Å². The van der Waals surface area contributed by atoms with E-state index in [0.29, 0.717) is 12.1 Å². The van der Waals surface area contributed by atoms with E-state index in [9.17, 15) is 0 Å². The van der Waals surface area contributed by atoms with Gasteiger partial charge in [-0.2, -0.15) is 0 Å². The van der Waals surface area contributed by atoms with Crippen LogP contribution in [-0.4, -0.2) is 56.4 Å². The molecule has 1 fully saturated rings. The SMILES string of the molecule is CC(C)N1CCOC(CN2CCNCc3ccccc32)C1. The molecule has 3 rings (SSSR count). The number of hydrogen-bond acceptors (Lipinski definition) is 4. The Morgan fingerprint density at radius 2 is 2.14 bits per heavy atom. The Morgan fingerprint density at radius 3 is 3.00 bits per heavy atom. The number of rotatable bonds is 3. The van der Waals surface area contributed by atoms with Crippen LogP contribution in [0.1, 0.15) is 19.4 Å². The molecule has 0 amide bonds. The van der Waals surface area contributed by atoms with E-state index in [1.807, 2.05) is 0 Å². The van der Waals surface area contributed by atoms with Crippen molar-refractivity contribution in [3.63, 3.8) is 0 Å². The van der Waals surface area contributed by atoms with Gasteiger partial charge in [0.25, 0.3) is 0 Å². The first-order valence-corrected chi connectivity index (χ1v) is 8.13. The Hall–Kier alpha value is -1.10. The topological polar surface area (TPSA) is 27.7 Å². The number of ether oxygens (including phenoxy) is 1. The zero-order chi connectivity index (χ0) is 14.7. The number of hydrogen-bond donors (Lipinski definition) is 1. The summed E-state index contributed by atoms with van der Waals surface area (Å²) < 4.78 is 6.01. The molecule has 0 spiro atoms. The molecule has 0 bridgehead atoms. The lowest BCUT2D eigenvalue weighted by molar-refractivity contribution is -0.0341. The fraction of sp³-hybridized carbons (Fsp3) is 0.647. The Labute approximate surface area is 128 Å². The van der Waals surface area contributed by atoms with E-state index in [4.69, 9.17) is 4.74 Å². The minimum absolute atomic E-state index is 0.312. The van der Waals surface area contributed by atoms with Gasteiger partial charge in [-0.25, -0.2) is 0 Å². The molecule has 1 atom stereocenters. The average Bonchev–Trinajstić information content (AvgIpc) is 2.70. The Morgan fingerprint density at radius 1 is 1.29 bits per heavy atom. The fourth-order valence-corrected chi connectivity index (χ4v) is 3.28. The van der Waals surface area contributed by atoms with Gasteiger partial charge in [0.2, 0.25) is 0 Å². The van der Waals surface area contributed by atoms with Gasteiger partial charge in [-0.1, -0.05) is 18.2 Å². The molecule has 116 valence electrons. The molecule has 0 aromatic heterocycles. The first kappa shape index (κ1) is 14.8. The molecular formula is C17H27N3O. The number of nitrogens with zero attached hydrogens (tertiary/aromatic N) is 2. The lowest BCUT2D eigenvalue weighted by Gasteiger charge is -2.38. The summed E-state index contributed by atoms with van der Waals surface area (Å²) in [7, 11) is 0. The maximum absolute atomic E-state index is 6.01. The van der Waals surface area contributed by atoms with E-state index < -0.39 is 0 Å². The fourth-order valence-electron chi connectivity index (χ4n) is 3.28. The van der Waals surface area contributed by atoms with Gasteiger partial charge in [-0.15, -0.1) is 0 Å². The number of para-hydroxylation sites is 1. The van der Waals surface area contributed by atoms with Gasteiger partial charge < -0.3 is 15.0 Å². The van der Waals surface area contributed by atoms with Gasteiger partial charge in [-0.05, 0) is 25.5 Å². The van der Waals surface area contributed by atoms with Crippen molar-refractivity contribution in [2.24, 2.45) is 0 Å². The number of morpholine rings is 1. The van der Waals surface area contributed by atoms with Gasteiger partial charge >= 0.3 is 0 Å². The summed E-state index contributed by atoms with van der Waals surface area (Å²) in [5, 5.41) is 3.50. The highest BCUT2D eigenvalue weighted by Crippen LogP contribution is 2.23. The molecule has 0 aliphatic carbocycles. The summed E-state index contributed by atoms with van der Waals surface area (Å²) in [6.07, 6.45) is 0.312. The summed E-state index contributed by atoms with van der Waals surface area (Å²) >= 11 is 0. The number of anilines is 1. The van der Waals surface area contributed by atoms with Crippen molar-refractivity contribution in [1.29, 1.82) is 0 Å². The standard InChI is InChI=1S/C17H27N3O/c1-14(2)19-9-10-21-16(12-19)13-20-8-7-18-11-15-5-3-4-6-17(15)20/h3-6,14,16,18H,7-13H2,1-2H3. The molecule has 2 aliphatic heterocycles. The van der Waals surface area contributed by atoms with Crippen molar-refractivity contribution >= 4 is 5.69 Å². The van der Waals surface area contributed by atoms with Gasteiger partial charge in [0, 0.05) is 51.0 Å². The Kier molecular flexibility index (Phi) is 4.78. The van der Waals surface area contributed by atoms with Gasteiger partial charge in [0.05, 0.1) is 12.7 Å². The summed E-state index contributed by atoms with van der Waals surface area (Å²) in [6, 6.07) is 9.34. The van der Waals surface area contributed by atoms with Gasteiger partial charge in [-0.3, -0.25) is 4.90 Å². The molecule has 1 aromatic carbocycles. The van der Waals surface area contributed by atoms with Crippen molar-refractivity contribution in [3.05, 3.63) is 29.8 Å². The summed E-state index contributed by atoms with van der Waals surface area (Å²) in [5.74, 6) is 0. The lowest BCUT2D eigenvalue weighted by Crippen LogP contribution is -2.50. The molecule has 21 heavy (non-hydrogen) atoms. The summed E-state index contributed by atoms with van der Waals surface area (Å²) in [6.45, 7) is 11.6. The van der Waals surface area contributed by atoms with Crippen LogP contribution in [0.3, 0.4) is 0 Å². The third-order valence-electron chi connectivity index (χ3n) is 4.53. The second-order valence-corrected chi connectivity index (χ2v) is 6.33. The maximum Gasteiger partial charge on any atom is 0.0877 e. The highest BCUT2D eigenvalue weighted by molar-refractivity contribution is 5.54. The largest absolute Gasteiger partial charge is 0.374 e. The van der Waals surface area contributed by atoms with E-state index >= 15 is 0 Å². The van der Waals surface area contributed by atoms with Crippen LogP contribution in [-0.2, 0) is 11.3 Å². The van der Waals surface area contributed by atoms with Crippen LogP contribution in [0.2, 0.25) is 0 Å². The van der Waals surface area contributed by atoms with Crippen LogP contribution >= 0.6 is 0 Å². The predicted octanol–water partition coefficient (Wildman–Crippen LogP) is 1.71. The highest BCUT2D eigenvalue weighted by Gasteiger charge is 2.25.